The summed E-state index contributed by atoms with van der Waals surface area (Å²) in [6, 6.07) is 1.68. The van der Waals surface area contributed by atoms with Crippen molar-refractivity contribution < 1.29 is 9.32 Å². The van der Waals surface area contributed by atoms with Gasteiger partial charge in [0, 0.05) is 30.7 Å². The summed E-state index contributed by atoms with van der Waals surface area (Å²) in [6.45, 7) is 3.43. The Bertz CT molecular complexity index is 331. The van der Waals surface area contributed by atoms with E-state index < -0.39 is 0 Å². The quantitative estimate of drug-likeness (QED) is 0.701. The van der Waals surface area contributed by atoms with Gasteiger partial charge in [0.1, 0.15) is 0 Å². The molecule has 1 aromatic rings. The molecule has 1 fully saturated rings. The molecule has 0 saturated carbocycles. The summed E-state index contributed by atoms with van der Waals surface area (Å²) >= 11 is 1.88. The molecular formula is C9H12N2O2S. The molecule has 0 atom stereocenters. The molecule has 0 spiro atoms. The van der Waals surface area contributed by atoms with Crippen molar-refractivity contribution in [2.24, 2.45) is 0 Å². The summed E-state index contributed by atoms with van der Waals surface area (Å²) in [5.74, 6) is 2.35. The summed E-state index contributed by atoms with van der Waals surface area (Å²) in [4.78, 5) is 13.6. The molecule has 0 bridgehead atoms. The molecule has 2 heterocycles. The number of hydrogen-bond donors (Lipinski definition) is 0. The normalized spacial score (nSPS) is 17.1. The molecule has 0 N–H and O–H groups in total. The second-order valence-electron chi connectivity index (χ2n) is 3.24. The molecule has 4 nitrogen and oxygen atoms in total. The number of hydrogen-bond acceptors (Lipinski definition) is 4. The van der Waals surface area contributed by atoms with Gasteiger partial charge in [-0.2, -0.15) is 11.8 Å². The lowest BCUT2D eigenvalue weighted by Gasteiger charge is -2.24. The van der Waals surface area contributed by atoms with E-state index in [0.717, 1.165) is 30.3 Å². The molecule has 0 unspecified atom stereocenters. The zero-order valence-corrected chi connectivity index (χ0v) is 8.84. The number of amides is 1. The molecule has 0 aromatic carbocycles. The van der Waals surface area contributed by atoms with Crippen molar-refractivity contribution >= 4 is 17.7 Å². The summed E-state index contributed by atoms with van der Waals surface area (Å²) in [7, 11) is 0. The highest BCUT2D eigenvalue weighted by molar-refractivity contribution is 7.99. The van der Waals surface area contributed by atoms with Crippen molar-refractivity contribution in [3.8, 4) is 0 Å². The van der Waals surface area contributed by atoms with E-state index in [1.807, 2.05) is 23.6 Å². The van der Waals surface area contributed by atoms with Gasteiger partial charge in [-0.1, -0.05) is 5.16 Å². The third-order valence-electron chi connectivity index (χ3n) is 2.14. The highest BCUT2D eigenvalue weighted by atomic mass is 32.2. The van der Waals surface area contributed by atoms with Gasteiger partial charge in [0.15, 0.2) is 0 Å². The standard InChI is InChI=1S/C9H12N2O2S/c1-7-6-8(13-10-7)9(12)11-2-4-14-5-3-11/h6H,2-5H2,1H3. The predicted octanol–water partition coefficient (Wildman–Crippen LogP) is 1.17. The minimum absolute atomic E-state index is 0.0362. The first-order valence-corrected chi connectivity index (χ1v) is 5.73. The van der Waals surface area contributed by atoms with Gasteiger partial charge in [0.25, 0.3) is 5.91 Å². The molecule has 5 heteroatoms. The van der Waals surface area contributed by atoms with Crippen molar-refractivity contribution in [2.45, 2.75) is 6.92 Å². The van der Waals surface area contributed by atoms with Crippen LogP contribution in [0.25, 0.3) is 0 Å². The summed E-state index contributed by atoms with van der Waals surface area (Å²) in [5.41, 5.74) is 0.750. The molecule has 1 aliphatic rings. The van der Waals surface area contributed by atoms with Crippen molar-refractivity contribution in [3.63, 3.8) is 0 Å². The van der Waals surface area contributed by atoms with E-state index in [9.17, 15) is 4.79 Å². The number of thioether (sulfide) groups is 1. The monoisotopic (exact) mass is 212 g/mol. The number of carbonyl (C=O) groups excluding carboxylic acids is 1. The van der Waals surface area contributed by atoms with Crippen LogP contribution in [0.2, 0.25) is 0 Å². The number of aromatic nitrogens is 1. The Morgan fingerprint density at radius 3 is 2.86 bits per heavy atom. The Morgan fingerprint density at radius 2 is 2.29 bits per heavy atom. The average Bonchev–Trinajstić information content (AvgIpc) is 2.65. The van der Waals surface area contributed by atoms with Crippen LogP contribution in [0.5, 0.6) is 0 Å². The van der Waals surface area contributed by atoms with Crippen molar-refractivity contribution in [1.29, 1.82) is 0 Å². The topological polar surface area (TPSA) is 46.3 Å². The van der Waals surface area contributed by atoms with Crippen molar-refractivity contribution in [3.05, 3.63) is 17.5 Å². The minimum Gasteiger partial charge on any atom is -0.351 e. The molecule has 1 aromatic heterocycles. The van der Waals surface area contributed by atoms with Crippen LogP contribution in [0.3, 0.4) is 0 Å². The van der Waals surface area contributed by atoms with Gasteiger partial charge in [-0.05, 0) is 6.92 Å². The highest BCUT2D eigenvalue weighted by Gasteiger charge is 2.21. The Morgan fingerprint density at radius 1 is 1.57 bits per heavy atom. The van der Waals surface area contributed by atoms with Crippen LogP contribution in [-0.4, -0.2) is 40.6 Å². The van der Waals surface area contributed by atoms with E-state index in [0.29, 0.717) is 5.76 Å². The lowest BCUT2D eigenvalue weighted by Crippen LogP contribution is -2.37. The molecule has 1 aliphatic heterocycles. The second kappa shape index (κ2) is 4.04. The van der Waals surface area contributed by atoms with Crippen LogP contribution < -0.4 is 0 Å². The smallest absolute Gasteiger partial charge is 0.292 e. The van der Waals surface area contributed by atoms with E-state index >= 15 is 0 Å². The van der Waals surface area contributed by atoms with Gasteiger partial charge in [0.2, 0.25) is 5.76 Å². The van der Waals surface area contributed by atoms with Crippen molar-refractivity contribution in [1.82, 2.24) is 10.1 Å². The van der Waals surface area contributed by atoms with Gasteiger partial charge in [-0.3, -0.25) is 4.79 Å². The van der Waals surface area contributed by atoms with Gasteiger partial charge in [-0.25, -0.2) is 0 Å². The van der Waals surface area contributed by atoms with E-state index in [4.69, 9.17) is 4.52 Å². The van der Waals surface area contributed by atoms with Gasteiger partial charge in [-0.15, -0.1) is 0 Å². The average molecular weight is 212 g/mol. The largest absolute Gasteiger partial charge is 0.351 e. The first kappa shape index (κ1) is 9.58. The fraction of sp³-hybridized carbons (Fsp3) is 0.556. The summed E-state index contributed by atoms with van der Waals surface area (Å²) < 4.78 is 4.93. The third-order valence-corrected chi connectivity index (χ3v) is 3.08. The zero-order chi connectivity index (χ0) is 9.97. The number of carbonyl (C=O) groups is 1. The van der Waals surface area contributed by atoms with Crippen LogP contribution >= 0.6 is 11.8 Å². The fourth-order valence-electron chi connectivity index (χ4n) is 1.39. The molecule has 0 aliphatic carbocycles. The third kappa shape index (κ3) is 1.92. The molecule has 14 heavy (non-hydrogen) atoms. The molecule has 76 valence electrons. The van der Waals surface area contributed by atoms with E-state index in [-0.39, 0.29) is 5.91 Å². The molecule has 0 radical (unpaired) electrons. The fourth-order valence-corrected chi connectivity index (χ4v) is 2.29. The molecule has 1 amide bonds. The second-order valence-corrected chi connectivity index (χ2v) is 4.46. The van der Waals surface area contributed by atoms with Crippen LogP contribution in [0, 0.1) is 6.92 Å². The number of nitrogens with zero attached hydrogens (tertiary/aromatic N) is 2. The predicted molar refractivity (Wildman–Crippen MR) is 54.5 cm³/mol. The number of rotatable bonds is 1. The molecular weight excluding hydrogens is 200 g/mol. The van der Waals surface area contributed by atoms with Crippen LogP contribution in [-0.2, 0) is 0 Å². The number of aryl methyl sites for hydroxylation is 1. The zero-order valence-electron chi connectivity index (χ0n) is 8.02. The summed E-state index contributed by atoms with van der Waals surface area (Å²) in [6.07, 6.45) is 0. The van der Waals surface area contributed by atoms with Crippen LogP contribution in [0.1, 0.15) is 16.2 Å². The molecule has 1 saturated heterocycles. The Labute approximate surface area is 86.6 Å². The first-order chi connectivity index (χ1) is 6.77. The van der Waals surface area contributed by atoms with Gasteiger partial charge >= 0.3 is 0 Å². The van der Waals surface area contributed by atoms with E-state index in [2.05, 4.69) is 5.16 Å². The maximum Gasteiger partial charge on any atom is 0.292 e. The van der Waals surface area contributed by atoms with E-state index in [1.54, 1.807) is 6.07 Å². The first-order valence-electron chi connectivity index (χ1n) is 4.58. The summed E-state index contributed by atoms with van der Waals surface area (Å²) in [5, 5.41) is 3.70. The van der Waals surface area contributed by atoms with Gasteiger partial charge < -0.3 is 9.42 Å². The van der Waals surface area contributed by atoms with E-state index in [1.165, 1.54) is 0 Å². The Kier molecular flexibility index (Phi) is 2.77. The van der Waals surface area contributed by atoms with Crippen LogP contribution in [0.15, 0.2) is 10.6 Å². The maximum absolute atomic E-state index is 11.8. The lowest BCUT2D eigenvalue weighted by molar-refractivity contribution is 0.0730. The van der Waals surface area contributed by atoms with Crippen LogP contribution in [0.4, 0.5) is 0 Å². The maximum atomic E-state index is 11.8. The Hall–Kier alpha value is -0.970. The lowest BCUT2D eigenvalue weighted by atomic mass is 10.3. The highest BCUT2D eigenvalue weighted by Crippen LogP contribution is 2.13. The molecule has 2 rings (SSSR count). The SMILES string of the molecule is Cc1cc(C(=O)N2CCSCC2)on1. The van der Waals surface area contributed by atoms with Gasteiger partial charge in [0.05, 0.1) is 5.69 Å². The minimum atomic E-state index is -0.0362. The van der Waals surface area contributed by atoms with Crippen molar-refractivity contribution in [2.75, 3.05) is 24.6 Å². The Balaban J connectivity index is 2.07.